The van der Waals surface area contributed by atoms with E-state index in [-0.39, 0.29) is 6.04 Å². The second-order valence-corrected chi connectivity index (χ2v) is 6.14. The highest BCUT2D eigenvalue weighted by Crippen LogP contribution is 2.22. The zero-order chi connectivity index (χ0) is 13.0. The molecule has 2 rings (SSSR count). The molecule has 0 aliphatic carbocycles. The van der Waals surface area contributed by atoms with Crippen LogP contribution in [0.1, 0.15) is 19.4 Å². The summed E-state index contributed by atoms with van der Waals surface area (Å²) in [6.07, 6.45) is 3.23. The van der Waals surface area contributed by atoms with E-state index in [4.69, 9.17) is 5.73 Å². The fourth-order valence-corrected chi connectivity index (χ4v) is 2.94. The maximum Gasteiger partial charge on any atom is 0.0483 e. The van der Waals surface area contributed by atoms with Gasteiger partial charge >= 0.3 is 0 Å². The summed E-state index contributed by atoms with van der Waals surface area (Å²) in [6.45, 7) is 5.36. The van der Waals surface area contributed by atoms with Crippen molar-refractivity contribution < 1.29 is 0 Å². The molecule has 0 radical (unpaired) electrons. The van der Waals surface area contributed by atoms with Crippen LogP contribution in [0.3, 0.4) is 0 Å². The molecule has 1 atom stereocenters. The SMILES string of the molecule is CCSCCn1cc(CC(C)N)c2ccccc21. The van der Waals surface area contributed by atoms with Gasteiger partial charge < -0.3 is 10.3 Å². The summed E-state index contributed by atoms with van der Waals surface area (Å²) >= 11 is 1.99. The van der Waals surface area contributed by atoms with Gasteiger partial charge in [0.25, 0.3) is 0 Å². The quantitative estimate of drug-likeness (QED) is 0.810. The summed E-state index contributed by atoms with van der Waals surface area (Å²) < 4.78 is 2.37. The second-order valence-electron chi connectivity index (χ2n) is 4.74. The topological polar surface area (TPSA) is 30.9 Å². The summed E-state index contributed by atoms with van der Waals surface area (Å²) in [5, 5.41) is 1.36. The lowest BCUT2D eigenvalue weighted by atomic mass is 10.1. The Hall–Kier alpha value is -0.930. The second kappa shape index (κ2) is 6.30. The van der Waals surface area contributed by atoms with Gasteiger partial charge in [-0.3, -0.25) is 0 Å². The van der Waals surface area contributed by atoms with E-state index < -0.39 is 0 Å². The molecule has 98 valence electrons. The summed E-state index contributed by atoms with van der Waals surface area (Å²) in [4.78, 5) is 0. The van der Waals surface area contributed by atoms with Crippen LogP contribution in [-0.4, -0.2) is 22.1 Å². The van der Waals surface area contributed by atoms with Gasteiger partial charge in [0, 0.05) is 35.4 Å². The number of hydrogen-bond acceptors (Lipinski definition) is 2. The molecule has 0 amide bonds. The Morgan fingerprint density at radius 1 is 1.33 bits per heavy atom. The predicted octanol–water partition coefficient (Wildman–Crippen LogP) is 3.28. The molecule has 1 aromatic carbocycles. The number of benzene rings is 1. The Bertz CT molecular complexity index is 502. The molecule has 1 heterocycles. The first kappa shape index (κ1) is 13.5. The number of aromatic nitrogens is 1. The monoisotopic (exact) mass is 262 g/mol. The maximum atomic E-state index is 5.93. The Morgan fingerprint density at radius 2 is 2.11 bits per heavy atom. The molecule has 0 saturated carbocycles. The fraction of sp³-hybridized carbons (Fsp3) is 0.467. The highest BCUT2D eigenvalue weighted by molar-refractivity contribution is 7.99. The molecule has 1 unspecified atom stereocenters. The van der Waals surface area contributed by atoms with Crippen molar-refractivity contribution in [2.75, 3.05) is 11.5 Å². The first-order chi connectivity index (χ1) is 8.72. The Balaban J connectivity index is 2.29. The largest absolute Gasteiger partial charge is 0.346 e. The van der Waals surface area contributed by atoms with Crippen molar-refractivity contribution in [2.24, 2.45) is 5.73 Å². The molecule has 2 nitrogen and oxygen atoms in total. The molecule has 0 aliphatic heterocycles. The van der Waals surface area contributed by atoms with Gasteiger partial charge in [-0.15, -0.1) is 0 Å². The molecule has 3 heteroatoms. The highest BCUT2D eigenvalue weighted by Gasteiger charge is 2.09. The first-order valence-electron chi connectivity index (χ1n) is 6.62. The van der Waals surface area contributed by atoms with Gasteiger partial charge in [0.05, 0.1) is 0 Å². The average molecular weight is 262 g/mol. The van der Waals surface area contributed by atoms with E-state index >= 15 is 0 Å². The van der Waals surface area contributed by atoms with Crippen LogP contribution in [0.2, 0.25) is 0 Å². The molecular weight excluding hydrogens is 240 g/mol. The molecule has 2 N–H and O–H groups in total. The van der Waals surface area contributed by atoms with Gasteiger partial charge in [0.15, 0.2) is 0 Å². The van der Waals surface area contributed by atoms with Gasteiger partial charge in [0.2, 0.25) is 0 Å². The standard InChI is InChI=1S/C15H22N2S/c1-3-18-9-8-17-11-13(10-12(2)16)14-6-4-5-7-15(14)17/h4-7,11-12H,3,8-10,16H2,1-2H3. The smallest absolute Gasteiger partial charge is 0.0483 e. The molecule has 0 saturated heterocycles. The molecule has 1 aromatic heterocycles. The highest BCUT2D eigenvalue weighted by atomic mass is 32.2. The number of rotatable bonds is 6. The van der Waals surface area contributed by atoms with Crippen molar-refractivity contribution in [1.29, 1.82) is 0 Å². The molecule has 18 heavy (non-hydrogen) atoms. The lowest BCUT2D eigenvalue weighted by Gasteiger charge is -2.03. The number of hydrogen-bond donors (Lipinski definition) is 1. The molecule has 0 bridgehead atoms. The van der Waals surface area contributed by atoms with E-state index in [9.17, 15) is 0 Å². The number of aryl methyl sites for hydroxylation is 1. The predicted molar refractivity (Wildman–Crippen MR) is 82.3 cm³/mol. The fourth-order valence-electron chi connectivity index (χ4n) is 2.32. The van der Waals surface area contributed by atoms with Crippen LogP contribution in [0.15, 0.2) is 30.5 Å². The first-order valence-corrected chi connectivity index (χ1v) is 7.78. The molecule has 2 aromatic rings. The van der Waals surface area contributed by atoms with Crippen LogP contribution in [0.4, 0.5) is 0 Å². The Labute approximate surface area is 114 Å². The Morgan fingerprint density at radius 3 is 2.83 bits per heavy atom. The summed E-state index contributed by atoms with van der Waals surface area (Å²) in [5.41, 5.74) is 8.65. The minimum absolute atomic E-state index is 0.217. The summed E-state index contributed by atoms with van der Waals surface area (Å²) in [5.74, 6) is 2.36. The number of para-hydroxylation sites is 1. The normalized spacial score (nSPS) is 13.1. The minimum Gasteiger partial charge on any atom is -0.346 e. The van der Waals surface area contributed by atoms with Gasteiger partial charge in [-0.1, -0.05) is 25.1 Å². The van der Waals surface area contributed by atoms with E-state index in [1.807, 2.05) is 11.8 Å². The van der Waals surface area contributed by atoms with E-state index in [0.717, 1.165) is 13.0 Å². The third-order valence-corrected chi connectivity index (χ3v) is 3.97. The van der Waals surface area contributed by atoms with Crippen molar-refractivity contribution >= 4 is 22.7 Å². The zero-order valence-electron chi connectivity index (χ0n) is 11.2. The minimum atomic E-state index is 0.217. The van der Waals surface area contributed by atoms with Crippen LogP contribution >= 0.6 is 11.8 Å². The van der Waals surface area contributed by atoms with E-state index in [2.05, 4.69) is 48.9 Å². The number of fused-ring (bicyclic) bond motifs is 1. The van der Waals surface area contributed by atoms with E-state index in [1.54, 1.807) is 0 Å². The lowest BCUT2D eigenvalue weighted by Crippen LogP contribution is -2.17. The van der Waals surface area contributed by atoms with Crippen LogP contribution in [0.5, 0.6) is 0 Å². The molecule has 0 aliphatic rings. The van der Waals surface area contributed by atoms with E-state index in [1.165, 1.54) is 28.0 Å². The number of thioether (sulfide) groups is 1. The lowest BCUT2D eigenvalue weighted by molar-refractivity contribution is 0.732. The summed E-state index contributed by atoms with van der Waals surface area (Å²) in [7, 11) is 0. The molecule has 0 fully saturated rings. The Kier molecular flexibility index (Phi) is 4.72. The molecule has 0 spiro atoms. The van der Waals surface area contributed by atoms with Crippen molar-refractivity contribution in [3.8, 4) is 0 Å². The van der Waals surface area contributed by atoms with Crippen molar-refractivity contribution in [2.45, 2.75) is 32.9 Å². The van der Waals surface area contributed by atoms with Gasteiger partial charge in [0.1, 0.15) is 0 Å². The third-order valence-electron chi connectivity index (χ3n) is 3.09. The van der Waals surface area contributed by atoms with Crippen LogP contribution < -0.4 is 5.73 Å². The summed E-state index contributed by atoms with van der Waals surface area (Å²) in [6, 6.07) is 8.85. The maximum absolute atomic E-state index is 5.93. The number of nitrogens with zero attached hydrogens (tertiary/aromatic N) is 1. The van der Waals surface area contributed by atoms with Crippen molar-refractivity contribution in [3.63, 3.8) is 0 Å². The van der Waals surface area contributed by atoms with Gasteiger partial charge in [-0.05, 0) is 30.7 Å². The number of nitrogens with two attached hydrogens (primary N) is 1. The third kappa shape index (κ3) is 3.09. The van der Waals surface area contributed by atoms with Gasteiger partial charge in [-0.2, -0.15) is 11.8 Å². The van der Waals surface area contributed by atoms with Crippen molar-refractivity contribution in [3.05, 3.63) is 36.0 Å². The molecular formula is C15H22N2S. The van der Waals surface area contributed by atoms with Crippen molar-refractivity contribution in [1.82, 2.24) is 4.57 Å². The van der Waals surface area contributed by atoms with Gasteiger partial charge in [-0.25, -0.2) is 0 Å². The van der Waals surface area contributed by atoms with E-state index in [0.29, 0.717) is 0 Å². The van der Waals surface area contributed by atoms with Crippen LogP contribution in [-0.2, 0) is 13.0 Å². The average Bonchev–Trinajstić information content (AvgIpc) is 2.68. The van der Waals surface area contributed by atoms with Crippen LogP contribution in [0, 0.1) is 0 Å². The zero-order valence-corrected chi connectivity index (χ0v) is 12.0. The van der Waals surface area contributed by atoms with Crippen LogP contribution in [0.25, 0.3) is 10.9 Å².